The summed E-state index contributed by atoms with van der Waals surface area (Å²) in [5, 5.41) is 0. The van der Waals surface area contributed by atoms with Gasteiger partial charge in [-0.25, -0.2) is 4.99 Å². The van der Waals surface area contributed by atoms with Crippen molar-refractivity contribution in [2.75, 3.05) is 12.3 Å². The van der Waals surface area contributed by atoms with Crippen molar-refractivity contribution in [2.45, 2.75) is 12.5 Å². The van der Waals surface area contributed by atoms with Gasteiger partial charge < -0.3 is 10.5 Å². The van der Waals surface area contributed by atoms with E-state index in [2.05, 4.69) is 17.1 Å². The van der Waals surface area contributed by atoms with Crippen LogP contribution in [0.4, 0.5) is 5.69 Å². The van der Waals surface area contributed by atoms with Gasteiger partial charge in [0.1, 0.15) is 6.61 Å². The Bertz CT molecular complexity index is 593. The van der Waals surface area contributed by atoms with Gasteiger partial charge in [0.25, 0.3) is 0 Å². The molecule has 1 aliphatic heterocycles. The first-order valence-electron chi connectivity index (χ1n) is 6.42. The maximum absolute atomic E-state index is 5.94. The molecule has 1 heterocycles. The Labute approximate surface area is 112 Å². The molecule has 0 aromatic heterocycles. The molecule has 0 fully saturated rings. The van der Waals surface area contributed by atoms with E-state index >= 15 is 0 Å². The largest absolute Gasteiger partial charge is 0.475 e. The summed E-state index contributed by atoms with van der Waals surface area (Å²) >= 11 is 0. The lowest BCUT2D eigenvalue weighted by Crippen LogP contribution is -2.09. The Morgan fingerprint density at radius 1 is 1.05 bits per heavy atom. The fourth-order valence-corrected chi connectivity index (χ4v) is 2.25. The predicted octanol–water partition coefficient (Wildman–Crippen LogP) is 2.66. The average molecular weight is 252 g/mol. The fraction of sp³-hybridized carbons (Fsp3) is 0.188. The number of para-hydroxylation sites is 1. The Balaban J connectivity index is 1.77. The molecule has 0 bridgehead atoms. The summed E-state index contributed by atoms with van der Waals surface area (Å²) in [6.45, 7) is 0.624. The first-order chi connectivity index (χ1) is 9.33. The Kier molecular flexibility index (Phi) is 3.19. The molecule has 0 unspecified atom stereocenters. The van der Waals surface area contributed by atoms with Gasteiger partial charge in [0.2, 0.25) is 5.90 Å². The van der Waals surface area contributed by atoms with Crippen molar-refractivity contribution >= 4 is 11.6 Å². The van der Waals surface area contributed by atoms with E-state index in [1.165, 1.54) is 5.56 Å². The minimum atomic E-state index is 0.178. The van der Waals surface area contributed by atoms with Crippen molar-refractivity contribution < 1.29 is 4.74 Å². The number of hydrogen-bond acceptors (Lipinski definition) is 3. The minimum absolute atomic E-state index is 0.178. The van der Waals surface area contributed by atoms with Gasteiger partial charge in [-0.1, -0.05) is 42.5 Å². The molecule has 0 radical (unpaired) electrons. The molecule has 3 heteroatoms. The fourth-order valence-electron chi connectivity index (χ4n) is 2.25. The van der Waals surface area contributed by atoms with E-state index in [4.69, 9.17) is 10.5 Å². The molecule has 0 aliphatic carbocycles. The molecule has 1 atom stereocenters. The normalized spacial score (nSPS) is 17.9. The molecule has 0 amide bonds. The number of benzene rings is 2. The lowest BCUT2D eigenvalue weighted by molar-refractivity contribution is 0.317. The molecule has 0 spiro atoms. The maximum Gasteiger partial charge on any atom is 0.218 e. The van der Waals surface area contributed by atoms with Gasteiger partial charge in [-0.05, 0) is 24.1 Å². The van der Waals surface area contributed by atoms with Crippen LogP contribution in [0, 0.1) is 0 Å². The standard InChI is InChI=1S/C16H16N2O/c17-15-9-5-4-8-14(15)16-18-13(11-19-16)10-12-6-2-1-3-7-12/h1-9,13H,10-11,17H2/t13-/m0/s1. The van der Waals surface area contributed by atoms with E-state index in [1.807, 2.05) is 42.5 Å². The Hall–Kier alpha value is -2.29. The zero-order chi connectivity index (χ0) is 13.1. The van der Waals surface area contributed by atoms with Crippen LogP contribution in [0.1, 0.15) is 11.1 Å². The molecular weight excluding hydrogens is 236 g/mol. The van der Waals surface area contributed by atoms with Crippen molar-refractivity contribution in [3.63, 3.8) is 0 Å². The van der Waals surface area contributed by atoms with E-state index in [0.29, 0.717) is 18.2 Å². The van der Waals surface area contributed by atoms with E-state index in [9.17, 15) is 0 Å². The van der Waals surface area contributed by atoms with Gasteiger partial charge in [-0.3, -0.25) is 0 Å². The number of ether oxygens (including phenoxy) is 1. The second-order valence-electron chi connectivity index (χ2n) is 4.68. The van der Waals surface area contributed by atoms with Crippen LogP contribution in [0.2, 0.25) is 0 Å². The first kappa shape index (κ1) is 11.8. The monoisotopic (exact) mass is 252 g/mol. The Morgan fingerprint density at radius 3 is 2.58 bits per heavy atom. The summed E-state index contributed by atoms with van der Waals surface area (Å²) in [6.07, 6.45) is 0.900. The lowest BCUT2D eigenvalue weighted by Gasteiger charge is -2.04. The molecule has 3 rings (SSSR count). The summed E-state index contributed by atoms with van der Waals surface area (Å²) in [6, 6.07) is 18.2. The van der Waals surface area contributed by atoms with Gasteiger partial charge in [0.15, 0.2) is 0 Å². The van der Waals surface area contributed by atoms with Gasteiger partial charge >= 0.3 is 0 Å². The van der Waals surface area contributed by atoms with Crippen molar-refractivity contribution in [1.29, 1.82) is 0 Å². The molecule has 2 aromatic rings. The average Bonchev–Trinajstić information content (AvgIpc) is 2.89. The number of aliphatic imine (C=N–C) groups is 1. The quantitative estimate of drug-likeness (QED) is 0.854. The van der Waals surface area contributed by atoms with Gasteiger partial charge in [-0.15, -0.1) is 0 Å². The third-order valence-electron chi connectivity index (χ3n) is 3.22. The minimum Gasteiger partial charge on any atom is -0.475 e. The molecular formula is C16H16N2O. The molecule has 2 aromatic carbocycles. The molecule has 1 aliphatic rings. The molecule has 96 valence electrons. The predicted molar refractivity (Wildman–Crippen MR) is 77.3 cm³/mol. The number of nitrogen functional groups attached to an aromatic ring is 1. The summed E-state index contributed by atoms with van der Waals surface area (Å²) < 4.78 is 5.67. The van der Waals surface area contributed by atoms with Crippen LogP contribution in [-0.4, -0.2) is 18.5 Å². The van der Waals surface area contributed by atoms with Crippen LogP contribution in [0.5, 0.6) is 0 Å². The summed E-state index contributed by atoms with van der Waals surface area (Å²) in [7, 11) is 0. The van der Waals surface area contributed by atoms with E-state index in [1.54, 1.807) is 0 Å². The van der Waals surface area contributed by atoms with Crippen LogP contribution >= 0.6 is 0 Å². The first-order valence-corrected chi connectivity index (χ1v) is 6.42. The summed E-state index contributed by atoms with van der Waals surface area (Å²) in [5.41, 5.74) is 8.81. The van der Waals surface area contributed by atoms with Gasteiger partial charge in [-0.2, -0.15) is 0 Å². The molecule has 3 nitrogen and oxygen atoms in total. The van der Waals surface area contributed by atoms with Crippen LogP contribution in [0.25, 0.3) is 0 Å². The summed E-state index contributed by atoms with van der Waals surface area (Å²) in [4.78, 5) is 4.63. The lowest BCUT2D eigenvalue weighted by atomic mass is 10.1. The number of nitrogens with zero attached hydrogens (tertiary/aromatic N) is 1. The topological polar surface area (TPSA) is 47.6 Å². The highest BCUT2D eigenvalue weighted by atomic mass is 16.5. The summed E-state index contributed by atoms with van der Waals surface area (Å²) in [5.74, 6) is 0.666. The van der Waals surface area contributed by atoms with E-state index in [0.717, 1.165) is 12.0 Å². The van der Waals surface area contributed by atoms with E-state index < -0.39 is 0 Å². The maximum atomic E-state index is 5.94. The highest BCUT2D eigenvalue weighted by Gasteiger charge is 2.21. The van der Waals surface area contributed by atoms with Crippen LogP contribution in [-0.2, 0) is 11.2 Å². The highest BCUT2D eigenvalue weighted by Crippen LogP contribution is 2.19. The molecule has 0 saturated heterocycles. The second kappa shape index (κ2) is 5.14. The van der Waals surface area contributed by atoms with Crippen molar-refractivity contribution in [3.8, 4) is 0 Å². The van der Waals surface area contributed by atoms with Crippen molar-refractivity contribution in [3.05, 3.63) is 65.7 Å². The van der Waals surface area contributed by atoms with Crippen LogP contribution in [0.15, 0.2) is 59.6 Å². The number of rotatable bonds is 3. The number of hydrogen-bond donors (Lipinski definition) is 1. The van der Waals surface area contributed by atoms with Crippen molar-refractivity contribution in [2.24, 2.45) is 4.99 Å². The molecule has 2 N–H and O–H groups in total. The zero-order valence-corrected chi connectivity index (χ0v) is 10.6. The van der Waals surface area contributed by atoms with Crippen molar-refractivity contribution in [1.82, 2.24) is 0 Å². The van der Waals surface area contributed by atoms with Gasteiger partial charge in [0.05, 0.1) is 11.6 Å². The second-order valence-corrected chi connectivity index (χ2v) is 4.68. The molecule has 19 heavy (non-hydrogen) atoms. The molecule has 0 saturated carbocycles. The number of nitrogens with two attached hydrogens (primary N) is 1. The third kappa shape index (κ3) is 2.60. The third-order valence-corrected chi connectivity index (χ3v) is 3.22. The highest BCUT2D eigenvalue weighted by molar-refractivity contribution is 5.99. The van der Waals surface area contributed by atoms with Crippen LogP contribution < -0.4 is 5.73 Å². The van der Waals surface area contributed by atoms with Gasteiger partial charge in [0, 0.05) is 5.69 Å². The SMILES string of the molecule is Nc1ccccc1C1=N[C@@H](Cc2ccccc2)CO1. The van der Waals surface area contributed by atoms with Crippen LogP contribution in [0.3, 0.4) is 0 Å². The van der Waals surface area contributed by atoms with E-state index in [-0.39, 0.29) is 6.04 Å². The smallest absolute Gasteiger partial charge is 0.218 e. The Morgan fingerprint density at radius 2 is 1.79 bits per heavy atom. The number of anilines is 1. The zero-order valence-electron chi connectivity index (χ0n) is 10.6.